The number of nitrogens with one attached hydrogen (secondary N) is 1. The van der Waals surface area contributed by atoms with E-state index in [2.05, 4.69) is 5.32 Å². The van der Waals surface area contributed by atoms with Gasteiger partial charge in [-0.2, -0.15) is 0 Å². The molecular weight excluding hydrogens is 248 g/mol. The summed E-state index contributed by atoms with van der Waals surface area (Å²) in [7, 11) is 0. The first-order valence-corrected chi connectivity index (χ1v) is 6.09. The molecule has 1 heterocycles. The first-order chi connectivity index (χ1) is 9.16. The SMILES string of the molecule is O=C(NCC(=O)N1CCOCC1)c1ccc(O)cc1. The van der Waals surface area contributed by atoms with Crippen molar-refractivity contribution in [1.29, 1.82) is 0 Å². The molecule has 1 fully saturated rings. The average molecular weight is 264 g/mol. The third-order valence-corrected chi connectivity index (χ3v) is 2.89. The third kappa shape index (κ3) is 3.69. The summed E-state index contributed by atoms with van der Waals surface area (Å²) in [6.07, 6.45) is 0. The van der Waals surface area contributed by atoms with E-state index < -0.39 is 0 Å². The summed E-state index contributed by atoms with van der Waals surface area (Å²) in [6.45, 7) is 2.18. The lowest BCUT2D eigenvalue weighted by Gasteiger charge is -2.26. The van der Waals surface area contributed by atoms with Crippen LogP contribution in [0.25, 0.3) is 0 Å². The molecule has 0 radical (unpaired) electrons. The number of morpholine rings is 1. The van der Waals surface area contributed by atoms with Crippen LogP contribution in [0.2, 0.25) is 0 Å². The van der Waals surface area contributed by atoms with Crippen LogP contribution in [0.15, 0.2) is 24.3 Å². The van der Waals surface area contributed by atoms with E-state index in [0.29, 0.717) is 31.9 Å². The number of nitrogens with zero attached hydrogens (tertiary/aromatic N) is 1. The van der Waals surface area contributed by atoms with E-state index in [1.165, 1.54) is 24.3 Å². The number of phenolic OH excluding ortho intramolecular Hbond substituents is 1. The van der Waals surface area contributed by atoms with Crippen molar-refractivity contribution < 1.29 is 19.4 Å². The molecule has 1 aromatic carbocycles. The fraction of sp³-hybridized carbons (Fsp3) is 0.385. The van der Waals surface area contributed by atoms with Gasteiger partial charge < -0.3 is 20.1 Å². The number of aromatic hydroxyl groups is 1. The minimum absolute atomic E-state index is 0.0281. The number of amides is 2. The normalized spacial score (nSPS) is 15.1. The van der Waals surface area contributed by atoms with Gasteiger partial charge in [0.1, 0.15) is 5.75 Å². The lowest BCUT2D eigenvalue weighted by atomic mass is 10.2. The highest BCUT2D eigenvalue weighted by Gasteiger charge is 2.17. The van der Waals surface area contributed by atoms with Gasteiger partial charge in [-0.1, -0.05) is 0 Å². The maximum absolute atomic E-state index is 11.8. The fourth-order valence-electron chi connectivity index (χ4n) is 1.80. The van der Waals surface area contributed by atoms with Gasteiger partial charge in [-0.3, -0.25) is 9.59 Å². The second-order valence-corrected chi connectivity index (χ2v) is 4.22. The van der Waals surface area contributed by atoms with E-state index >= 15 is 0 Å². The largest absolute Gasteiger partial charge is 0.508 e. The molecule has 0 atom stereocenters. The van der Waals surface area contributed by atoms with Gasteiger partial charge in [-0.25, -0.2) is 0 Å². The molecule has 6 heteroatoms. The van der Waals surface area contributed by atoms with Crippen molar-refractivity contribution in [2.24, 2.45) is 0 Å². The van der Waals surface area contributed by atoms with Crippen molar-refractivity contribution in [3.8, 4) is 5.75 Å². The molecule has 2 rings (SSSR count). The maximum Gasteiger partial charge on any atom is 0.251 e. The number of phenols is 1. The molecule has 1 aromatic rings. The van der Waals surface area contributed by atoms with Crippen LogP contribution >= 0.6 is 0 Å². The zero-order valence-corrected chi connectivity index (χ0v) is 10.5. The first kappa shape index (κ1) is 13.4. The van der Waals surface area contributed by atoms with Crippen LogP contribution in [0, 0.1) is 0 Å². The second-order valence-electron chi connectivity index (χ2n) is 4.22. The Balaban J connectivity index is 1.82. The van der Waals surface area contributed by atoms with Gasteiger partial charge in [0, 0.05) is 18.7 Å². The summed E-state index contributed by atoms with van der Waals surface area (Å²) in [4.78, 5) is 25.2. The fourth-order valence-corrected chi connectivity index (χ4v) is 1.80. The van der Waals surface area contributed by atoms with Crippen molar-refractivity contribution in [2.45, 2.75) is 0 Å². The zero-order chi connectivity index (χ0) is 13.7. The highest BCUT2D eigenvalue weighted by Crippen LogP contribution is 2.09. The molecular formula is C13H16N2O4. The molecule has 0 unspecified atom stereocenters. The summed E-state index contributed by atoms with van der Waals surface area (Å²) < 4.78 is 5.15. The molecule has 2 amide bonds. The van der Waals surface area contributed by atoms with Gasteiger partial charge in [0.05, 0.1) is 19.8 Å². The molecule has 1 aliphatic heterocycles. The molecule has 0 spiro atoms. The molecule has 102 valence electrons. The zero-order valence-electron chi connectivity index (χ0n) is 10.5. The summed E-state index contributed by atoms with van der Waals surface area (Å²) >= 11 is 0. The Bertz CT molecular complexity index is 452. The van der Waals surface area contributed by atoms with Gasteiger partial charge in [0.2, 0.25) is 5.91 Å². The Labute approximate surface area is 111 Å². The molecule has 1 aliphatic rings. The van der Waals surface area contributed by atoms with Crippen molar-refractivity contribution in [2.75, 3.05) is 32.8 Å². The quantitative estimate of drug-likeness (QED) is 0.804. The number of ether oxygens (including phenoxy) is 1. The van der Waals surface area contributed by atoms with E-state index in [1.807, 2.05) is 0 Å². The van der Waals surface area contributed by atoms with Crippen molar-refractivity contribution in [3.63, 3.8) is 0 Å². The maximum atomic E-state index is 11.8. The van der Waals surface area contributed by atoms with Crippen LogP contribution < -0.4 is 5.32 Å². The van der Waals surface area contributed by atoms with E-state index in [9.17, 15) is 9.59 Å². The van der Waals surface area contributed by atoms with Gasteiger partial charge in [-0.05, 0) is 24.3 Å². The van der Waals surface area contributed by atoms with Crippen LogP contribution in [0.1, 0.15) is 10.4 Å². The predicted molar refractivity (Wildman–Crippen MR) is 67.8 cm³/mol. The van der Waals surface area contributed by atoms with Crippen molar-refractivity contribution in [1.82, 2.24) is 10.2 Å². The molecule has 0 aliphatic carbocycles. The number of carbonyl (C=O) groups is 2. The van der Waals surface area contributed by atoms with Crippen LogP contribution in [-0.2, 0) is 9.53 Å². The molecule has 0 aromatic heterocycles. The summed E-state index contributed by atoms with van der Waals surface area (Å²) in [5.74, 6) is -0.349. The smallest absolute Gasteiger partial charge is 0.251 e. The number of hydrogen-bond donors (Lipinski definition) is 2. The monoisotopic (exact) mass is 264 g/mol. The van der Waals surface area contributed by atoms with Crippen LogP contribution in [0.5, 0.6) is 5.75 Å². The summed E-state index contributed by atoms with van der Waals surface area (Å²) in [5, 5.41) is 11.7. The van der Waals surface area contributed by atoms with Crippen LogP contribution in [-0.4, -0.2) is 54.7 Å². The van der Waals surface area contributed by atoms with E-state index in [1.54, 1.807) is 4.90 Å². The Morgan fingerprint density at radius 3 is 2.47 bits per heavy atom. The minimum atomic E-state index is -0.332. The highest BCUT2D eigenvalue weighted by molar-refractivity contribution is 5.96. The predicted octanol–water partition coefficient (Wildman–Crippen LogP) is -0.0192. The lowest BCUT2D eigenvalue weighted by Crippen LogP contribution is -2.45. The van der Waals surface area contributed by atoms with Crippen molar-refractivity contribution in [3.05, 3.63) is 29.8 Å². The Morgan fingerprint density at radius 1 is 1.21 bits per heavy atom. The van der Waals surface area contributed by atoms with Gasteiger partial charge in [0.25, 0.3) is 5.91 Å². The lowest BCUT2D eigenvalue weighted by molar-refractivity contribution is -0.134. The van der Waals surface area contributed by atoms with Crippen LogP contribution in [0.4, 0.5) is 0 Å². The standard InChI is InChI=1S/C13H16N2O4/c16-11-3-1-10(2-4-11)13(18)14-9-12(17)15-5-7-19-8-6-15/h1-4,16H,5-9H2,(H,14,18). The minimum Gasteiger partial charge on any atom is -0.508 e. The van der Waals surface area contributed by atoms with Crippen molar-refractivity contribution >= 4 is 11.8 Å². The van der Waals surface area contributed by atoms with Gasteiger partial charge in [0.15, 0.2) is 0 Å². The number of hydrogen-bond acceptors (Lipinski definition) is 4. The molecule has 6 nitrogen and oxygen atoms in total. The van der Waals surface area contributed by atoms with Crippen LogP contribution in [0.3, 0.4) is 0 Å². The third-order valence-electron chi connectivity index (χ3n) is 2.89. The molecule has 2 N–H and O–H groups in total. The molecule has 0 bridgehead atoms. The summed E-state index contributed by atoms with van der Waals surface area (Å²) in [5.41, 5.74) is 0.410. The van der Waals surface area contributed by atoms with E-state index in [0.717, 1.165) is 0 Å². The van der Waals surface area contributed by atoms with E-state index in [-0.39, 0.29) is 24.1 Å². The average Bonchev–Trinajstić information content (AvgIpc) is 2.46. The molecule has 1 saturated heterocycles. The number of benzene rings is 1. The summed E-state index contributed by atoms with van der Waals surface area (Å²) in [6, 6.07) is 5.87. The highest BCUT2D eigenvalue weighted by atomic mass is 16.5. The Hall–Kier alpha value is -2.08. The number of carbonyl (C=O) groups excluding carboxylic acids is 2. The second kappa shape index (κ2) is 6.19. The van der Waals surface area contributed by atoms with Gasteiger partial charge >= 0.3 is 0 Å². The molecule has 19 heavy (non-hydrogen) atoms. The first-order valence-electron chi connectivity index (χ1n) is 6.09. The van der Waals surface area contributed by atoms with E-state index in [4.69, 9.17) is 9.84 Å². The Morgan fingerprint density at radius 2 is 1.84 bits per heavy atom. The van der Waals surface area contributed by atoms with Gasteiger partial charge in [-0.15, -0.1) is 0 Å². The Kier molecular flexibility index (Phi) is 4.35. The number of rotatable bonds is 3. The molecule has 0 saturated carbocycles. The topological polar surface area (TPSA) is 78.9 Å².